The number of carbonyl (C=O) groups is 1. The number of methoxy groups -OCH3 is 1. The molecule has 0 spiro atoms. The summed E-state index contributed by atoms with van der Waals surface area (Å²) >= 11 is 0. The van der Waals surface area contributed by atoms with Crippen molar-refractivity contribution in [3.8, 4) is 0 Å². The lowest BCUT2D eigenvalue weighted by molar-refractivity contribution is -0.0709. The highest BCUT2D eigenvalue weighted by Crippen LogP contribution is 2.44. The topological polar surface area (TPSA) is 393 Å². The maximum absolute atomic E-state index is 12.2. The molecule has 1 aromatic heterocycles. The van der Waals surface area contributed by atoms with Crippen LogP contribution in [0.15, 0.2) is 125 Å². The Morgan fingerprint density at radius 3 is 1.21 bits per heavy atom. The lowest BCUT2D eigenvalue weighted by Gasteiger charge is -2.36. The largest absolute Gasteiger partial charge is 0.388 e. The molecule has 2 amide bonds. The second-order valence-corrected chi connectivity index (χ2v) is 55.5. The molecule has 5 saturated heterocycles. The van der Waals surface area contributed by atoms with Crippen molar-refractivity contribution in [2.24, 2.45) is 25.7 Å². The zero-order valence-electron chi connectivity index (χ0n) is 69.9. The van der Waals surface area contributed by atoms with E-state index in [-0.39, 0.29) is 18.2 Å². The van der Waals surface area contributed by atoms with Gasteiger partial charge in [0.05, 0.1) is 30.5 Å². The number of carbonyl (C=O) groups excluding carboxylic acids is 1. The molecule has 10 aliphatic heterocycles. The number of ether oxygens (including phenoxy) is 6. The second kappa shape index (κ2) is 40.1. The molecule has 31 nitrogen and oxygen atoms in total. The molecule has 0 saturated carbocycles. The predicted octanol–water partition coefficient (Wildman–Crippen LogP) is 2.06. The van der Waals surface area contributed by atoms with E-state index in [4.69, 9.17) is 34.2 Å². The van der Waals surface area contributed by atoms with Crippen LogP contribution in [0.3, 0.4) is 0 Å². The van der Waals surface area contributed by atoms with Crippen molar-refractivity contribution in [1.29, 1.82) is 0 Å². The minimum Gasteiger partial charge on any atom is -0.388 e. The van der Waals surface area contributed by atoms with Crippen molar-refractivity contribution < 1.29 is 79.2 Å². The first-order valence-electron chi connectivity index (χ1n) is 38.1. The first-order chi connectivity index (χ1) is 52.9. The zero-order valence-corrected chi connectivity index (χ0v) is 74.4. The highest BCUT2D eigenvalue weighted by Gasteiger charge is 2.52. The number of hydrogen-bond donors (Lipinski definition) is 13. The molecule has 11 rings (SSSR count). The van der Waals surface area contributed by atoms with E-state index in [0.717, 1.165) is 65.3 Å². The summed E-state index contributed by atoms with van der Waals surface area (Å²) in [6.45, 7) is 33.2. The molecule has 0 aliphatic carbocycles. The van der Waals surface area contributed by atoms with Gasteiger partial charge < -0.3 is 125 Å². The molecule has 0 bridgehead atoms. The Labute approximate surface area is 675 Å². The van der Waals surface area contributed by atoms with E-state index >= 15 is 0 Å². The fourth-order valence-electron chi connectivity index (χ4n) is 13.6. The fraction of sp³-hybridized carbons (Fsp3) is 0.615. The van der Waals surface area contributed by atoms with Crippen molar-refractivity contribution >= 4 is 95.7 Å². The van der Waals surface area contributed by atoms with Crippen molar-refractivity contribution in [3.63, 3.8) is 0 Å². The molecule has 21 atom stereocenters. The third kappa shape index (κ3) is 25.8. The summed E-state index contributed by atoms with van der Waals surface area (Å²) in [6, 6.07) is 1.61. The van der Waals surface area contributed by atoms with Crippen LogP contribution < -0.4 is 27.1 Å². The van der Waals surface area contributed by atoms with Gasteiger partial charge in [-0.15, -0.1) is 65.9 Å². The van der Waals surface area contributed by atoms with Crippen molar-refractivity contribution in [1.82, 2.24) is 49.9 Å². The Kier molecular flexibility index (Phi) is 33.7. The molecule has 642 valence electrons. The molecule has 114 heavy (non-hydrogen) atoms. The van der Waals surface area contributed by atoms with E-state index in [2.05, 4.69) is 160 Å². The average Bonchev–Trinajstić information content (AvgIpc) is 1.73. The highest BCUT2D eigenvalue weighted by molar-refractivity contribution is 7.73. The van der Waals surface area contributed by atoms with Gasteiger partial charge in [-0.2, -0.15) is 0 Å². The Hall–Kier alpha value is -5.39. The third-order valence-electron chi connectivity index (χ3n) is 20.4. The van der Waals surface area contributed by atoms with Crippen LogP contribution in [0.2, 0.25) is 0 Å². The van der Waals surface area contributed by atoms with Crippen molar-refractivity contribution in [2.75, 3.05) is 140 Å². The number of nitrogens with one attached hydrogen (secondary N) is 3. The van der Waals surface area contributed by atoms with Crippen LogP contribution in [-0.2, 0) is 28.4 Å². The molecule has 11 heterocycles. The number of nitrogens with two attached hydrogens (primary N) is 1. The number of rotatable bonds is 21. The maximum atomic E-state index is 12.2. The number of likely N-dealkylation sites (N-methyl/N-ethyl adjacent to an activating group) is 2. The number of fused-ring (bicyclic) bond motifs is 1. The first kappa shape index (κ1) is 95.7. The number of nitrogens with zero attached hydrogens (tertiary/aromatic N) is 11. The Morgan fingerprint density at radius 2 is 0.851 bits per heavy atom. The number of aliphatic imine (C=N–C) groups is 3. The maximum Gasteiger partial charge on any atom is 0.327 e. The molecule has 0 aromatic carbocycles. The first-order valence-corrected chi connectivity index (χ1v) is 53.4. The summed E-state index contributed by atoms with van der Waals surface area (Å²) in [7, 11) is 10.4. The van der Waals surface area contributed by atoms with Crippen LogP contribution in [0.25, 0.3) is 6.20 Å². The summed E-state index contributed by atoms with van der Waals surface area (Å²) < 4.78 is 35.1. The summed E-state index contributed by atoms with van der Waals surface area (Å²) in [5.41, 5.74) is 7.50. The standard InChI is InChI=1S/C17H26N3O3P.2C16H28N3O3P.C15H26N3O3P.C14H26N3O4P/c1-10-8-12-9-20(11(2)19-16(12)18-10)17-15(22)14(21)13(23-17)6-7-24(3,4)5;1-11-17-13(18(2)3)7-9-19(11)16-15(21)14(20)12(22-16)8-10-23(4,5)6;1-11-18-13(17-2)7-9-19(11)16-15(21-3)14(20)12(22-16)8-10-23(4,5)6;1-10-17-12(16-2)6-8-18(10)15-14(20)13(19)11(21-15)7-9-22(3,4)5;1-16-10(15)5-7-17(14(16)20)13-12(19)11(18)9(21-13)6-8-22(2,3)4/h8-9,13-15,17,21-22H,2-3,6-7H2,1,4-5H3,(H,18,19);7,9,12,14-16,20-21H,1,4,8,10H2,2-3,5-6H3;7,9,12,14-16,20H,1,4,8,10H2,2-3,5-6H3,(H,17,18);6,8,11,13-15,19-20H,1,3,7,9H2,2,4-5H3,(H,16,17);5,7,9-13,18-19H,2,6,8,15H2,1,3-4H3/t13-,14-,15-,17?;2*12-,14-,15-,16?;11-,13-,14-,15?;9-,10?,11-,12-,13?/m11111/s1. The van der Waals surface area contributed by atoms with Gasteiger partial charge >= 0.3 is 6.03 Å². The molecular weight excluding hydrogens is 1560 g/mol. The van der Waals surface area contributed by atoms with Gasteiger partial charge in [-0.3, -0.25) is 14.9 Å². The number of hydrogen-bond acceptors (Lipinski definition) is 26. The van der Waals surface area contributed by atoms with Crippen LogP contribution in [0.1, 0.15) is 37.8 Å². The Bertz CT molecular complexity index is 4180. The minimum absolute atomic E-state index is 0.256. The predicted molar refractivity (Wildman–Crippen MR) is 473 cm³/mol. The number of H-pyrrole nitrogens is 1. The fourth-order valence-corrected chi connectivity index (χ4v) is 18.3. The van der Waals surface area contributed by atoms with Crippen molar-refractivity contribution in [2.45, 2.75) is 168 Å². The molecular formula is C78H134N15O16P5. The van der Waals surface area contributed by atoms with Gasteiger partial charge in [-0.05, 0) is 167 Å². The lowest BCUT2D eigenvalue weighted by atomic mass is 10.1. The van der Waals surface area contributed by atoms with Crippen LogP contribution in [0.4, 0.5) is 4.79 Å². The van der Waals surface area contributed by atoms with Gasteiger partial charge in [0, 0.05) is 84.3 Å². The van der Waals surface area contributed by atoms with E-state index < -0.39 is 151 Å². The molecule has 5 fully saturated rings. The number of amidine groups is 3. The molecule has 36 heteroatoms. The summed E-state index contributed by atoms with van der Waals surface area (Å²) in [6.07, 6.45) is 30.0. The number of aromatic nitrogens is 1. The quantitative estimate of drug-likeness (QED) is 0.0783. The van der Waals surface area contributed by atoms with Gasteiger partial charge in [0.1, 0.15) is 113 Å². The summed E-state index contributed by atoms with van der Waals surface area (Å²) in [5, 5.41) is 99.9. The van der Waals surface area contributed by atoms with Crippen molar-refractivity contribution in [3.05, 3.63) is 121 Å². The van der Waals surface area contributed by atoms with E-state index in [1.807, 2.05) is 61.4 Å². The van der Waals surface area contributed by atoms with E-state index in [0.29, 0.717) is 54.8 Å². The number of urea groups is 1. The van der Waals surface area contributed by atoms with Crippen LogP contribution in [0.5, 0.6) is 0 Å². The van der Waals surface area contributed by atoms with Gasteiger partial charge in [0.25, 0.3) is 0 Å². The SMILES string of the molecule is C=C1N=C(N(C)C)C=CN1C1O[C@H](CCP(=C)(C)C)[C@@H](O)[C@H]1O.C=C1N=c2[nH]c(C)cc2=CN1C1O[C@H](CCP(=C)(C)C)[C@@H](O)[C@H]1O.C=C1NC(=NC)C=CN1C1O[C@H](CCP(=C)(C)C)[C@@H](O)[C@H]1O.C=C1NC(=NC)C=CN1C1O[C@H](CCP(=C)(C)C)[C@@H](O)[C@H]1OC.C=P(C)(C)CC[C@H]1OC(N2C=CC(N)N(C)C2=O)[C@H](O)[C@@H]1O. The smallest absolute Gasteiger partial charge is 0.327 e. The number of aryl methyl sites for hydroxylation is 1. The van der Waals surface area contributed by atoms with E-state index in [1.165, 1.54) is 16.0 Å². The molecule has 1 aromatic rings. The van der Waals surface area contributed by atoms with Gasteiger partial charge in [-0.1, -0.05) is 26.3 Å². The number of aliphatic hydroxyl groups excluding tert-OH is 9. The molecule has 6 unspecified atom stereocenters. The summed E-state index contributed by atoms with van der Waals surface area (Å²) in [4.78, 5) is 43.8. The van der Waals surface area contributed by atoms with Gasteiger partial charge in [-0.25, -0.2) is 14.8 Å². The second-order valence-electron chi connectivity index (χ2n) is 33.9. The van der Waals surface area contributed by atoms with Crippen LogP contribution >= 0.6 is 34.4 Å². The number of aromatic amines is 1. The normalized spacial score (nSPS) is 33.0. The lowest BCUT2D eigenvalue weighted by Crippen LogP contribution is -2.55. The highest BCUT2D eigenvalue weighted by atomic mass is 31.2. The Morgan fingerprint density at radius 1 is 0.509 bits per heavy atom. The van der Waals surface area contributed by atoms with Crippen LogP contribution in [0, 0.1) is 6.92 Å². The molecule has 10 aliphatic rings. The zero-order chi connectivity index (χ0) is 85.4. The van der Waals surface area contributed by atoms with Gasteiger partial charge in [0.2, 0.25) is 0 Å². The summed E-state index contributed by atoms with van der Waals surface area (Å²) in [5.74, 6) is 4.38. The number of aliphatic hydroxyl groups is 9. The Balaban J connectivity index is 0.000000197. The molecule has 14 N–H and O–H groups in total. The minimum atomic E-state index is -1.24. The van der Waals surface area contributed by atoms with E-state index in [1.54, 1.807) is 67.5 Å². The van der Waals surface area contributed by atoms with Crippen LogP contribution in [-0.4, -0.2) is 409 Å². The molecule has 0 radical (unpaired) electrons. The average molecular weight is 1690 g/mol. The number of amides is 2. The van der Waals surface area contributed by atoms with Gasteiger partial charge in [0.15, 0.2) is 31.1 Å². The van der Waals surface area contributed by atoms with E-state index in [9.17, 15) is 50.8 Å². The monoisotopic (exact) mass is 1690 g/mol. The third-order valence-corrected chi connectivity index (χ3v) is 27.8.